The van der Waals surface area contributed by atoms with Crippen LogP contribution in [0.4, 0.5) is 0 Å². The van der Waals surface area contributed by atoms with Crippen molar-refractivity contribution >= 4 is 17.2 Å². The van der Waals surface area contributed by atoms with Crippen molar-refractivity contribution in [1.82, 2.24) is 30.1 Å². The van der Waals surface area contributed by atoms with Crippen LogP contribution < -0.4 is 5.32 Å². The van der Waals surface area contributed by atoms with Crippen molar-refractivity contribution in [2.24, 2.45) is 0 Å². The zero-order valence-electron chi connectivity index (χ0n) is 20.8. The summed E-state index contributed by atoms with van der Waals surface area (Å²) in [7, 11) is 1.65. The molecule has 0 bridgehead atoms. The molecule has 4 aromatic rings. The summed E-state index contributed by atoms with van der Waals surface area (Å²) in [6.07, 6.45) is 4.72. The van der Waals surface area contributed by atoms with Crippen molar-refractivity contribution in [3.63, 3.8) is 0 Å². The van der Waals surface area contributed by atoms with Gasteiger partial charge in [-0.3, -0.25) is 4.79 Å². The van der Waals surface area contributed by atoms with Gasteiger partial charge in [0.1, 0.15) is 11.4 Å². The van der Waals surface area contributed by atoms with Crippen LogP contribution in [0.3, 0.4) is 0 Å². The average Bonchev–Trinajstić information content (AvgIpc) is 3.58. The van der Waals surface area contributed by atoms with Gasteiger partial charge in [0.05, 0.1) is 40.1 Å². The largest absolute Gasteiger partial charge is 0.371 e. The minimum absolute atomic E-state index is 0.0117. The second-order valence-electron chi connectivity index (χ2n) is 9.45. The molecule has 0 fully saturated rings. The first-order valence-electron chi connectivity index (χ1n) is 11.7. The molecule has 0 spiro atoms. The first-order chi connectivity index (χ1) is 16.7. The van der Waals surface area contributed by atoms with Crippen molar-refractivity contribution < 1.29 is 9.53 Å². The van der Waals surface area contributed by atoms with Crippen LogP contribution in [-0.2, 0) is 9.53 Å². The molecule has 9 heteroatoms. The van der Waals surface area contributed by atoms with Crippen LogP contribution in [0, 0.1) is 0 Å². The molecule has 4 rings (SSSR count). The smallest absolute Gasteiger partial charge is 0.219 e. The number of carbonyl (C=O) groups excluding carboxylic acids is 1. The summed E-state index contributed by atoms with van der Waals surface area (Å²) in [4.78, 5) is 13.0. The molecule has 1 aromatic carbocycles. The predicted molar refractivity (Wildman–Crippen MR) is 139 cm³/mol. The number of thiophene rings is 1. The molecule has 2 unspecified atom stereocenters. The van der Waals surface area contributed by atoms with E-state index in [1.165, 1.54) is 0 Å². The van der Waals surface area contributed by atoms with E-state index in [0.29, 0.717) is 12.8 Å². The van der Waals surface area contributed by atoms with Crippen LogP contribution in [0.15, 0.2) is 60.2 Å². The summed E-state index contributed by atoms with van der Waals surface area (Å²) in [5, 5.41) is 18.6. The Morgan fingerprint density at radius 1 is 1.14 bits per heavy atom. The van der Waals surface area contributed by atoms with Gasteiger partial charge in [-0.1, -0.05) is 29.5 Å². The molecule has 0 aliphatic rings. The monoisotopic (exact) mass is 492 g/mol. The molecule has 3 aromatic heterocycles. The molecule has 35 heavy (non-hydrogen) atoms. The topological polar surface area (TPSA) is 86.9 Å². The number of rotatable bonds is 9. The number of benzene rings is 1. The Kier molecular flexibility index (Phi) is 7.47. The van der Waals surface area contributed by atoms with E-state index in [9.17, 15) is 4.79 Å². The second-order valence-corrected chi connectivity index (χ2v) is 10.4. The highest BCUT2D eigenvalue weighted by atomic mass is 32.1. The first kappa shape index (κ1) is 24.8. The van der Waals surface area contributed by atoms with Gasteiger partial charge in [0, 0.05) is 19.7 Å². The summed E-state index contributed by atoms with van der Waals surface area (Å²) in [6, 6.07) is 13.9. The fourth-order valence-electron chi connectivity index (χ4n) is 4.05. The number of aromatic nitrogens is 5. The minimum atomic E-state index is -0.322. The normalized spacial score (nSPS) is 13.5. The highest BCUT2D eigenvalue weighted by molar-refractivity contribution is 7.13. The molecule has 0 saturated carbocycles. The van der Waals surface area contributed by atoms with Gasteiger partial charge in [0.2, 0.25) is 5.91 Å². The van der Waals surface area contributed by atoms with E-state index in [1.54, 1.807) is 18.4 Å². The number of ether oxygens (including phenoxy) is 1. The third kappa shape index (κ3) is 6.04. The summed E-state index contributed by atoms with van der Waals surface area (Å²) < 4.78 is 9.94. The highest BCUT2D eigenvalue weighted by Gasteiger charge is 2.27. The summed E-state index contributed by atoms with van der Waals surface area (Å²) in [6.45, 7) is 8.09. The number of para-hydroxylation sites is 1. The zero-order chi connectivity index (χ0) is 25.0. The Hall–Kier alpha value is -3.30. The Morgan fingerprint density at radius 2 is 1.91 bits per heavy atom. The summed E-state index contributed by atoms with van der Waals surface area (Å²) in [5.74, 6) is -0.0117. The molecule has 8 nitrogen and oxygen atoms in total. The van der Waals surface area contributed by atoms with E-state index >= 15 is 0 Å². The highest BCUT2D eigenvalue weighted by Crippen LogP contribution is 2.34. The molecule has 184 valence electrons. The van der Waals surface area contributed by atoms with E-state index in [2.05, 4.69) is 21.7 Å². The molecule has 0 saturated heterocycles. The third-order valence-corrected chi connectivity index (χ3v) is 6.52. The van der Waals surface area contributed by atoms with E-state index in [4.69, 9.17) is 9.84 Å². The van der Waals surface area contributed by atoms with Crippen molar-refractivity contribution in [3.8, 4) is 27.5 Å². The molecular weight excluding hydrogens is 460 g/mol. The van der Waals surface area contributed by atoms with Crippen LogP contribution in [-0.4, -0.2) is 49.4 Å². The predicted octanol–water partition coefficient (Wildman–Crippen LogP) is 5.13. The van der Waals surface area contributed by atoms with Gasteiger partial charge in [0.15, 0.2) is 0 Å². The molecule has 1 amide bonds. The molecule has 3 heterocycles. The van der Waals surface area contributed by atoms with Crippen molar-refractivity contribution in [3.05, 3.63) is 60.2 Å². The lowest BCUT2D eigenvalue weighted by Gasteiger charge is -2.30. The second kappa shape index (κ2) is 10.5. The molecule has 0 aliphatic carbocycles. The summed E-state index contributed by atoms with van der Waals surface area (Å²) in [5.41, 5.74) is 3.13. The maximum absolute atomic E-state index is 12.0. The van der Waals surface area contributed by atoms with Crippen LogP contribution in [0.5, 0.6) is 0 Å². The third-order valence-electron chi connectivity index (χ3n) is 5.64. The average molecular weight is 493 g/mol. The maximum Gasteiger partial charge on any atom is 0.219 e. The molecule has 0 radical (unpaired) electrons. The van der Waals surface area contributed by atoms with Crippen LogP contribution in [0.2, 0.25) is 0 Å². The molecule has 0 aliphatic heterocycles. The Morgan fingerprint density at radius 3 is 2.57 bits per heavy atom. The van der Waals surface area contributed by atoms with Crippen molar-refractivity contribution in [2.45, 2.75) is 58.3 Å². The van der Waals surface area contributed by atoms with Gasteiger partial charge in [0.25, 0.3) is 0 Å². The van der Waals surface area contributed by atoms with Crippen molar-refractivity contribution in [1.29, 1.82) is 0 Å². The molecule has 2 atom stereocenters. The molecular formula is C26H32N6O2S. The van der Waals surface area contributed by atoms with E-state index in [1.807, 2.05) is 91.2 Å². The van der Waals surface area contributed by atoms with E-state index < -0.39 is 0 Å². The van der Waals surface area contributed by atoms with Gasteiger partial charge >= 0.3 is 0 Å². The fraction of sp³-hybridized carbons (Fsp3) is 0.385. The quantitative estimate of drug-likeness (QED) is 0.350. The number of nitrogens with one attached hydrogen (secondary N) is 1. The van der Waals surface area contributed by atoms with E-state index in [0.717, 1.165) is 27.5 Å². The van der Waals surface area contributed by atoms with Crippen LogP contribution in [0.1, 0.15) is 46.6 Å². The standard InChI is InChI=1S/C26H32N6O2S/c1-18(34-26(2,3)4)22(13-14-24(33)27-5)32-17-21(28-30-32)20-16-31(19-10-7-6-8-11-19)29-25(20)23-12-9-15-35-23/h6-12,15-18,22H,13-14H2,1-5H3,(H,27,33). The van der Waals surface area contributed by atoms with Gasteiger partial charge in [-0.05, 0) is 57.7 Å². The Balaban J connectivity index is 1.70. The van der Waals surface area contributed by atoms with Crippen LogP contribution in [0.25, 0.3) is 27.5 Å². The van der Waals surface area contributed by atoms with E-state index in [-0.39, 0.29) is 23.7 Å². The fourth-order valence-corrected chi connectivity index (χ4v) is 4.78. The lowest BCUT2D eigenvalue weighted by Crippen LogP contribution is -2.33. The SMILES string of the molecule is CNC(=O)CCC(C(C)OC(C)(C)C)n1cc(-c2cn(-c3ccccc3)nc2-c2cccs2)nn1. The summed E-state index contributed by atoms with van der Waals surface area (Å²) >= 11 is 1.64. The number of carbonyl (C=O) groups is 1. The zero-order valence-corrected chi connectivity index (χ0v) is 21.6. The van der Waals surface area contributed by atoms with Crippen molar-refractivity contribution in [2.75, 3.05) is 7.05 Å². The van der Waals surface area contributed by atoms with Crippen LogP contribution >= 0.6 is 11.3 Å². The number of hydrogen-bond donors (Lipinski definition) is 1. The van der Waals surface area contributed by atoms with Gasteiger partial charge in [-0.2, -0.15) is 5.10 Å². The minimum Gasteiger partial charge on any atom is -0.371 e. The lowest BCUT2D eigenvalue weighted by molar-refractivity contribution is -0.121. The first-order valence-corrected chi connectivity index (χ1v) is 12.6. The lowest BCUT2D eigenvalue weighted by atomic mass is 10.0. The number of nitrogens with zero attached hydrogens (tertiary/aromatic N) is 5. The Bertz CT molecular complexity index is 1240. The van der Waals surface area contributed by atoms with Gasteiger partial charge < -0.3 is 10.1 Å². The molecule has 1 N–H and O–H groups in total. The Labute approximate surface area is 209 Å². The van der Waals surface area contributed by atoms with Gasteiger partial charge in [-0.15, -0.1) is 16.4 Å². The number of hydrogen-bond acceptors (Lipinski definition) is 6. The number of amides is 1. The van der Waals surface area contributed by atoms with Gasteiger partial charge in [-0.25, -0.2) is 9.36 Å². The maximum atomic E-state index is 12.0.